The van der Waals surface area contributed by atoms with Crippen LogP contribution in [0.15, 0.2) is 24.4 Å². The summed E-state index contributed by atoms with van der Waals surface area (Å²) in [7, 11) is 1.95. The van der Waals surface area contributed by atoms with E-state index in [2.05, 4.69) is 27.2 Å². The van der Waals surface area contributed by atoms with Crippen molar-refractivity contribution in [2.24, 2.45) is 0 Å². The van der Waals surface area contributed by atoms with Crippen LogP contribution in [0, 0.1) is 6.92 Å². The van der Waals surface area contributed by atoms with Crippen molar-refractivity contribution in [2.75, 3.05) is 23.8 Å². The molecule has 0 aliphatic rings. The molecule has 0 bridgehead atoms. The van der Waals surface area contributed by atoms with E-state index in [-0.39, 0.29) is 0 Å². The Bertz CT molecular complexity index is 602. The number of halogens is 1. The first-order valence-electron chi connectivity index (χ1n) is 7.00. The molecule has 0 saturated carbocycles. The maximum atomic E-state index is 6.21. The fourth-order valence-corrected chi connectivity index (χ4v) is 2.19. The smallest absolute Gasteiger partial charge is 0.224 e. The van der Waals surface area contributed by atoms with Gasteiger partial charge in [-0.15, -0.1) is 0 Å². The minimum atomic E-state index is 0.534. The summed E-state index contributed by atoms with van der Waals surface area (Å²) in [6.45, 7) is 5.56. The summed E-state index contributed by atoms with van der Waals surface area (Å²) in [4.78, 5) is 15.1. The quantitative estimate of drug-likeness (QED) is 0.887. The first-order valence-corrected chi connectivity index (χ1v) is 7.38. The summed E-state index contributed by atoms with van der Waals surface area (Å²) < 4.78 is 0. The van der Waals surface area contributed by atoms with Crippen molar-refractivity contribution < 1.29 is 0 Å². The van der Waals surface area contributed by atoms with Crippen LogP contribution in [0.1, 0.15) is 24.7 Å². The molecule has 0 radical (unpaired) electrons. The summed E-state index contributed by atoms with van der Waals surface area (Å²) in [5.41, 5.74) is 1.98. The van der Waals surface area contributed by atoms with E-state index in [0.29, 0.717) is 23.3 Å². The number of hydrogen-bond acceptors (Lipinski definition) is 5. The maximum absolute atomic E-state index is 6.21. The zero-order valence-electron chi connectivity index (χ0n) is 12.6. The van der Waals surface area contributed by atoms with Crippen LogP contribution < -0.4 is 10.2 Å². The Morgan fingerprint density at radius 2 is 2.10 bits per heavy atom. The second kappa shape index (κ2) is 7.22. The summed E-state index contributed by atoms with van der Waals surface area (Å²) in [5, 5.41) is 3.70. The van der Waals surface area contributed by atoms with E-state index < -0.39 is 0 Å². The largest absolute Gasteiger partial charge is 0.354 e. The molecule has 112 valence electrons. The molecule has 0 aliphatic carbocycles. The van der Waals surface area contributed by atoms with Crippen molar-refractivity contribution in [1.29, 1.82) is 0 Å². The fourth-order valence-electron chi connectivity index (χ4n) is 1.95. The highest BCUT2D eigenvalue weighted by Gasteiger charge is 2.11. The van der Waals surface area contributed by atoms with E-state index in [1.807, 2.05) is 37.1 Å². The normalized spacial score (nSPS) is 10.5. The topological polar surface area (TPSA) is 53.9 Å². The minimum absolute atomic E-state index is 0.534. The molecule has 2 heterocycles. The third-order valence-electron chi connectivity index (χ3n) is 2.97. The van der Waals surface area contributed by atoms with E-state index in [1.165, 1.54) is 0 Å². The zero-order valence-corrected chi connectivity index (χ0v) is 13.4. The lowest BCUT2D eigenvalue weighted by molar-refractivity contribution is 0.852. The Morgan fingerprint density at radius 1 is 1.29 bits per heavy atom. The SMILES string of the molecule is CCCNc1ncc(Cl)c(N(C)Cc2cccc(C)n2)n1. The van der Waals surface area contributed by atoms with Crippen molar-refractivity contribution in [3.8, 4) is 0 Å². The minimum Gasteiger partial charge on any atom is -0.354 e. The Morgan fingerprint density at radius 3 is 2.81 bits per heavy atom. The first-order chi connectivity index (χ1) is 10.1. The van der Waals surface area contributed by atoms with Gasteiger partial charge in [-0.05, 0) is 25.5 Å². The number of aryl methyl sites for hydroxylation is 1. The van der Waals surface area contributed by atoms with Crippen LogP contribution >= 0.6 is 11.6 Å². The molecule has 0 unspecified atom stereocenters. The molecule has 0 fully saturated rings. The van der Waals surface area contributed by atoms with Crippen LogP contribution in [-0.4, -0.2) is 28.5 Å². The number of nitrogens with zero attached hydrogens (tertiary/aromatic N) is 4. The summed E-state index contributed by atoms with van der Waals surface area (Å²) in [6.07, 6.45) is 2.65. The predicted molar refractivity (Wildman–Crippen MR) is 86.9 cm³/mol. The number of nitrogens with one attached hydrogen (secondary N) is 1. The van der Waals surface area contributed by atoms with Crippen molar-refractivity contribution in [3.05, 3.63) is 40.8 Å². The average Bonchev–Trinajstić information content (AvgIpc) is 2.46. The van der Waals surface area contributed by atoms with Gasteiger partial charge in [0.1, 0.15) is 5.02 Å². The third-order valence-corrected chi connectivity index (χ3v) is 3.23. The summed E-state index contributed by atoms with van der Waals surface area (Å²) in [5.74, 6) is 1.30. The number of aromatic nitrogens is 3. The molecule has 5 nitrogen and oxygen atoms in total. The zero-order chi connectivity index (χ0) is 15.2. The molecule has 0 aliphatic heterocycles. The molecule has 0 saturated heterocycles. The Kier molecular flexibility index (Phi) is 5.33. The van der Waals surface area contributed by atoms with E-state index in [9.17, 15) is 0 Å². The maximum Gasteiger partial charge on any atom is 0.224 e. The van der Waals surface area contributed by atoms with Gasteiger partial charge in [-0.2, -0.15) is 4.98 Å². The lowest BCUT2D eigenvalue weighted by atomic mass is 10.3. The summed E-state index contributed by atoms with van der Waals surface area (Å²) >= 11 is 6.21. The van der Waals surface area contributed by atoms with Gasteiger partial charge in [0.15, 0.2) is 5.82 Å². The van der Waals surface area contributed by atoms with Crippen LogP contribution in [0.25, 0.3) is 0 Å². The number of rotatable bonds is 6. The molecule has 0 aromatic carbocycles. The third kappa shape index (κ3) is 4.29. The molecular weight excluding hydrogens is 286 g/mol. The highest BCUT2D eigenvalue weighted by Crippen LogP contribution is 2.23. The van der Waals surface area contributed by atoms with Gasteiger partial charge in [0.2, 0.25) is 5.95 Å². The van der Waals surface area contributed by atoms with E-state index >= 15 is 0 Å². The van der Waals surface area contributed by atoms with Gasteiger partial charge in [-0.1, -0.05) is 24.6 Å². The van der Waals surface area contributed by atoms with E-state index in [4.69, 9.17) is 11.6 Å². The van der Waals surface area contributed by atoms with Crippen molar-refractivity contribution in [2.45, 2.75) is 26.8 Å². The molecule has 1 N–H and O–H groups in total. The van der Waals surface area contributed by atoms with Gasteiger partial charge in [-0.25, -0.2) is 4.98 Å². The van der Waals surface area contributed by atoms with Gasteiger partial charge in [-0.3, -0.25) is 4.98 Å². The van der Waals surface area contributed by atoms with Crippen LogP contribution in [0.2, 0.25) is 5.02 Å². The second-order valence-corrected chi connectivity index (χ2v) is 5.33. The first kappa shape index (κ1) is 15.5. The van der Waals surface area contributed by atoms with Crippen LogP contribution in [0.5, 0.6) is 0 Å². The number of hydrogen-bond donors (Lipinski definition) is 1. The lowest BCUT2D eigenvalue weighted by Gasteiger charge is -2.19. The molecule has 0 amide bonds. The molecule has 0 atom stereocenters. The molecule has 21 heavy (non-hydrogen) atoms. The highest BCUT2D eigenvalue weighted by atomic mass is 35.5. The number of anilines is 2. The Hall–Kier alpha value is -1.88. The average molecular weight is 306 g/mol. The Balaban J connectivity index is 2.15. The molecule has 0 spiro atoms. The lowest BCUT2D eigenvalue weighted by Crippen LogP contribution is -2.20. The fraction of sp³-hybridized carbons (Fsp3) is 0.400. The van der Waals surface area contributed by atoms with Gasteiger partial charge < -0.3 is 10.2 Å². The molecule has 2 rings (SSSR count). The second-order valence-electron chi connectivity index (χ2n) is 4.92. The number of pyridine rings is 1. The van der Waals surface area contributed by atoms with Gasteiger partial charge in [0, 0.05) is 19.3 Å². The molecule has 6 heteroatoms. The highest BCUT2D eigenvalue weighted by molar-refractivity contribution is 6.32. The van der Waals surface area contributed by atoms with Gasteiger partial charge in [0.05, 0.1) is 18.4 Å². The van der Waals surface area contributed by atoms with Crippen LogP contribution in [0.3, 0.4) is 0 Å². The predicted octanol–water partition coefficient (Wildman–Crippen LogP) is 3.29. The summed E-state index contributed by atoms with van der Waals surface area (Å²) in [6, 6.07) is 5.98. The molecular formula is C15H20ClN5. The van der Waals surface area contributed by atoms with Gasteiger partial charge in [0.25, 0.3) is 0 Å². The molecule has 2 aromatic heterocycles. The van der Waals surface area contributed by atoms with Crippen LogP contribution in [0.4, 0.5) is 11.8 Å². The standard InChI is InChI=1S/C15H20ClN5/c1-4-8-17-15-18-9-13(16)14(20-15)21(3)10-12-7-5-6-11(2)19-12/h5-7,9H,4,8,10H2,1-3H3,(H,17,18,20). The van der Waals surface area contributed by atoms with Crippen molar-refractivity contribution in [3.63, 3.8) is 0 Å². The van der Waals surface area contributed by atoms with Crippen LogP contribution in [-0.2, 0) is 6.54 Å². The van der Waals surface area contributed by atoms with E-state index in [0.717, 1.165) is 24.4 Å². The van der Waals surface area contributed by atoms with E-state index in [1.54, 1.807) is 6.20 Å². The monoisotopic (exact) mass is 305 g/mol. The van der Waals surface area contributed by atoms with Crippen molar-refractivity contribution in [1.82, 2.24) is 15.0 Å². The van der Waals surface area contributed by atoms with Gasteiger partial charge >= 0.3 is 0 Å². The van der Waals surface area contributed by atoms with Crippen molar-refractivity contribution >= 4 is 23.4 Å². The Labute approximate surface area is 130 Å². The molecule has 2 aromatic rings.